The molecule has 1 aromatic heterocycles. The second-order valence-electron chi connectivity index (χ2n) is 4.95. The standard InChI is InChI=1S/C16H10N4O3/c17-8-11-2-1-3-12(6-11)9-19-10-18-15-7-13(20(22)23)4-5-14(15)16(19)21/h1-7,10H,9H2. The van der Waals surface area contributed by atoms with Crippen LogP contribution < -0.4 is 5.56 Å². The molecule has 0 amide bonds. The van der Waals surface area contributed by atoms with Crippen LogP contribution in [0.4, 0.5) is 5.69 Å². The lowest BCUT2D eigenvalue weighted by Gasteiger charge is -2.07. The predicted octanol–water partition coefficient (Wildman–Crippen LogP) is 2.22. The summed E-state index contributed by atoms with van der Waals surface area (Å²) in [6.45, 7) is 0.272. The highest BCUT2D eigenvalue weighted by atomic mass is 16.6. The topological polar surface area (TPSA) is 102 Å². The van der Waals surface area contributed by atoms with Gasteiger partial charge in [-0.3, -0.25) is 19.5 Å². The minimum Gasteiger partial charge on any atom is -0.294 e. The van der Waals surface area contributed by atoms with Gasteiger partial charge in [-0.15, -0.1) is 0 Å². The van der Waals surface area contributed by atoms with Crippen LogP contribution in [0.25, 0.3) is 10.9 Å². The number of aromatic nitrogens is 2. The van der Waals surface area contributed by atoms with Crippen molar-refractivity contribution < 1.29 is 4.92 Å². The molecule has 7 heteroatoms. The zero-order valence-electron chi connectivity index (χ0n) is 11.8. The fraction of sp³-hybridized carbons (Fsp3) is 0.0625. The zero-order valence-corrected chi connectivity index (χ0v) is 11.8. The molecule has 2 aromatic carbocycles. The summed E-state index contributed by atoms with van der Waals surface area (Å²) in [6, 6.07) is 13.0. The molecule has 3 rings (SSSR count). The molecule has 112 valence electrons. The molecule has 0 unspecified atom stereocenters. The molecular formula is C16H10N4O3. The lowest BCUT2D eigenvalue weighted by atomic mass is 10.1. The summed E-state index contributed by atoms with van der Waals surface area (Å²) < 4.78 is 1.41. The molecule has 0 bridgehead atoms. The Morgan fingerprint density at radius 2 is 2.09 bits per heavy atom. The first-order valence-electron chi connectivity index (χ1n) is 6.71. The van der Waals surface area contributed by atoms with Crippen LogP contribution in [0, 0.1) is 21.4 Å². The van der Waals surface area contributed by atoms with Crippen molar-refractivity contribution >= 4 is 16.6 Å². The summed E-state index contributed by atoms with van der Waals surface area (Å²) in [6.07, 6.45) is 1.35. The van der Waals surface area contributed by atoms with Gasteiger partial charge < -0.3 is 0 Å². The Balaban J connectivity index is 2.04. The van der Waals surface area contributed by atoms with Gasteiger partial charge in [0.25, 0.3) is 11.2 Å². The van der Waals surface area contributed by atoms with Crippen LogP contribution >= 0.6 is 0 Å². The average Bonchev–Trinajstić information content (AvgIpc) is 2.57. The normalized spacial score (nSPS) is 10.4. The third kappa shape index (κ3) is 2.78. The number of fused-ring (bicyclic) bond motifs is 1. The number of nitro benzene ring substituents is 1. The molecule has 0 radical (unpaired) electrons. The number of non-ortho nitro benzene ring substituents is 1. The minimum absolute atomic E-state index is 0.108. The van der Waals surface area contributed by atoms with Gasteiger partial charge in [-0.1, -0.05) is 12.1 Å². The zero-order chi connectivity index (χ0) is 16.4. The maximum atomic E-state index is 12.5. The van der Waals surface area contributed by atoms with Gasteiger partial charge in [0, 0.05) is 12.1 Å². The van der Waals surface area contributed by atoms with Crippen molar-refractivity contribution in [2.45, 2.75) is 6.54 Å². The van der Waals surface area contributed by atoms with Crippen molar-refractivity contribution in [3.05, 3.63) is 80.4 Å². The van der Waals surface area contributed by atoms with Crippen LogP contribution in [0.3, 0.4) is 0 Å². The summed E-state index contributed by atoms with van der Waals surface area (Å²) in [5.74, 6) is 0. The lowest BCUT2D eigenvalue weighted by Crippen LogP contribution is -2.21. The van der Waals surface area contributed by atoms with E-state index in [1.54, 1.807) is 18.2 Å². The van der Waals surface area contributed by atoms with Gasteiger partial charge in [-0.25, -0.2) is 4.98 Å². The van der Waals surface area contributed by atoms with Crippen molar-refractivity contribution in [3.63, 3.8) is 0 Å². The van der Waals surface area contributed by atoms with E-state index in [1.165, 1.54) is 29.1 Å². The Kier molecular flexibility index (Phi) is 3.57. The monoisotopic (exact) mass is 306 g/mol. The van der Waals surface area contributed by atoms with Gasteiger partial charge in [-0.2, -0.15) is 5.26 Å². The Hall–Kier alpha value is -3.53. The van der Waals surface area contributed by atoms with E-state index in [1.807, 2.05) is 12.1 Å². The highest BCUT2D eigenvalue weighted by Crippen LogP contribution is 2.16. The highest BCUT2D eigenvalue weighted by Gasteiger charge is 2.10. The molecule has 0 aliphatic rings. The molecule has 23 heavy (non-hydrogen) atoms. The number of nitrogens with zero attached hydrogens (tertiary/aromatic N) is 4. The number of rotatable bonds is 3. The van der Waals surface area contributed by atoms with Crippen LogP contribution in [0.5, 0.6) is 0 Å². The summed E-state index contributed by atoms with van der Waals surface area (Å²) in [5, 5.41) is 20.0. The molecule has 0 aliphatic carbocycles. The summed E-state index contributed by atoms with van der Waals surface area (Å²) in [5.41, 5.74) is 1.21. The number of benzene rings is 2. The first-order valence-corrected chi connectivity index (χ1v) is 6.71. The van der Waals surface area contributed by atoms with Crippen molar-refractivity contribution in [2.24, 2.45) is 0 Å². The summed E-state index contributed by atoms with van der Waals surface area (Å²) >= 11 is 0. The van der Waals surface area contributed by atoms with Crippen molar-refractivity contribution in [1.82, 2.24) is 9.55 Å². The van der Waals surface area contributed by atoms with Gasteiger partial charge in [0.1, 0.15) is 0 Å². The van der Waals surface area contributed by atoms with E-state index in [-0.39, 0.29) is 23.3 Å². The highest BCUT2D eigenvalue weighted by molar-refractivity contribution is 5.79. The third-order valence-corrected chi connectivity index (χ3v) is 3.43. The molecule has 0 N–H and O–H groups in total. The molecule has 1 heterocycles. The molecule has 3 aromatic rings. The molecule has 7 nitrogen and oxygen atoms in total. The van der Waals surface area contributed by atoms with E-state index >= 15 is 0 Å². The Morgan fingerprint density at radius 1 is 1.26 bits per heavy atom. The number of hydrogen-bond donors (Lipinski definition) is 0. The fourth-order valence-corrected chi connectivity index (χ4v) is 2.31. The average molecular weight is 306 g/mol. The van der Waals surface area contributed by atoms with Gasteiger partial charge in [-0.05, 0) is 23.8 Å². The largest absolute Gasteiger partial charge is 0.294 e. The first kappa shape index (κ1) is 14.4. The quantitative estimate of drug-likeness (QED) is 0.545. The van der Waals surface area contributed by atoms with Crippen LogP contribution in [-0.2, 0) is 6.54 Å². The predicted molar refractivity (Wildman–Crippen MR) is 82.9 cm³/mol. The van der Waals surface area contributed by atoms with Crippen LogP contribution in [0.2, 0.25) is 0 Å². The fourth-order valence-electron chi connectivity index (χ4n) is 2.31. The minimum atomic E-state index is -0.528. The third-order valence-electron chi connectivity index (χ3n) is 3.43. The van der Waals surface area contributed by atoms with E-state index in [4.69, 9.17) is 5.26 Å². The Morgan fingerprint density at radius 3 is 2.83 bits per heavy atom. The maximum Gasteiger partial charge on any atom is 0.271 e. The Labute approximate surface area is 130 Å². The lowest BCUT2D eigenvalue weighted by molar-refractivity contribution is -0.384. The van der Waals surface area contributed by atoms with Gasteiger partial charge in [0.2, 0.25) is 0 Å². The number of nitro groups is 1. The SMILES string of the molecule is N#Cc1cccc(Cn2cnc3cc([N+](=O)[O-])ccc3c2=O)c1. The molecule has 0 saturated carbocycles. The first-order chi connectivity index (χ1) is 11.1. The summed E-state index contributed by atoms with van der Waals surface area (Å²) in [4.78, 5) is 26.8. The van der Waals surface area contributed by atoms with E-state index in [9.17, 15) is 14.9 Å². The Bertz CT molecular complexity index is 1020. The van der Waals surface area contributed by atoms with Crippen LogP contribution in [0.1, 0.15) is 11.1 Å². The van der Waals surface area contributed by atoms with E-state index in [0.717, 1.165) is 5.56 Å². The second kappa shape index (κ2) is 5.69. The van der Waals surface area contributed by atoms with Crippen LogP contribution in [-0.4, -0.2) is 14.5 Å². The second-order valence-corrected chi connectivity index (χ2v) is 4.95. The van der Waals surface area contributed by atoms with E-state index < -0.39 is 4.92 Å². The van der Waals surface area contributed by atoms with Gasteiger partial charge >= 0.3 is 0 Å². The smallest absolute Gasteiger partial charge is 0.271 e. The van der Waals surface area contributed by atoms with E-state index in [0.29, 0.717) is 10.9 Å². The van der Waals surface area contributed by atoms with Crippen molar-refractivity contribution in [1.29, 1.82) is 5.26 Å². The maximum absolute atomic E-state index is 12.5. The van der Waals surface area contributed by atoms with Crippen molar-refractivity contribution in [2.75, 3.05) is 0 Å². The number of hydrogen-bond acceptors (Lipinski definition) is 5. The number of nitriles is 1. The molecule has 0 atom stereocenters. The molecular weight excluding hydrogens is 296 g/mol. The molecule has 0 saturated heterocycles. The van der Waals surface area contributed by atoms with Crippen molar-refractivity contribution in [3.8, 4) is 6.07 Å². The van der Waals surface area contributed by atoms with Gasteiger partial charge in [0.05, 0.1) is 40.3 Å². The summed E-state index contributed by atoms with van der Waals surface area (Å²) in [7, 11) is 0. The van der Waals surface area contributed by atoms with E-state index in [2.05, 4.69) is 4.98 Å². The molecule has 0 aliphatic heterocycles. The molecule has 0 fully saturated rings. The van der Waals surface area contributed by atoms with Crippen LogP contribution in [0.15, 0.2) is 53.6 Å². The molecule has 0 spiro atoms. The van der Waals surface area contributed by atoms with Gasteiger partial charge in [0.15, 0.2) is 0 Å².